The SMILES string of the molecule is CC(C)(C)OC=O.CC(O)C(O)C1(CCO)CCNCC1. The summed E-state index contributed by atoms with van der Waals surface area (Å²) in [5, 5.41) is 31.6. The second-order valence-corrected chi connectivity index (χ2v) is 6.60. The molecule has 2 atom stereocenters. The quantitative estimate of drug-likeness (QED) is 0.550. The number of carbonyl (C=O) groups is 1. The lowest BCUT2D eigenvalue weighted by molar-refractivity contribution is -0.138. The number of aliphatic hydroxyl groups excluding tert-OH is 3. The molecule has 1 rings (SSSR count). The molecule has 0 aliphatic carbocycles. The van der Waals surface area contributed by atoms with Gasteiger partial charge in [0.25, 0.3) is 6.47 Å². The summed E-state index contributed by atoms with van der Waals surface area (Å²) in [5.41, 5.74) is -0.615. The van der Waals surface area contributed by atoms with E-state index in [9.17, 15) is 15.0 Å². The van der Waals surface area contributed by atoms with Gasteiger partial charge in [-0.05, 0) is 60.0 Å². The van der Waals surface area contributed by atoms with Crippen LogP contribution in [0, 0.1) is 5.41 Å². The zero-order valence-corrected chi connectivity index (χ0v) is 13.6. The molecule has 0 spiro atoms. The summed E-state index contributed by atoms with van der Waals surface area (Å²) in [5.74, 6) is 0. The lowest BCUT2D eigenvalue weighted by Gasteiger charge is -2.42. The van der Waals surface area contributed by atoms with Gasteiger partial charge in [-0.15, -0.1) is 0 Å². The number of hydrogen-bond acceptors (Lipinski definition) is 6. The number of carbonyl (C=O) groups excluding carboxylic acids is 1. The van der Waals surface area contributed by atoms with Crippen molar-refractivity contribution in [1.29, 1.82) is 0 Å². The van der Waals surface area contributed by atoms with Gasteiger partial charge in [0.15, 0.2) is 0 Å². The molecule has 1 aliphatic rings. The van der Waals surface area contributed by atoms with Crippen LogP contribution in [-0.4, -0.2) is 59.3 Å². The van der Waals surface area contributed by atoms with Crippen molar-refractivity contribution in [2.75, 3.05) is 19.7 Å². The molecule has 0 bridgehead atoms. The van der Waals surface area contributed by atoms with Gasteiger partial charge in [0.1, 0.15) is 5.60 Å². The van der Waals surface area contributed by atoms with E-state index in [1.54, 1.807) is 6.92 Å². The fourth-order valence-electron chi connectivity index (χ4n) is 2.50. The van der Waals surface area contributed by atoms with Crippen molar-refractivity contribution < 1.29 is 24.9 Å². The number of aliphatic hydroxyl groups is 3. The van der Waals surface area contributed by atoms with Crippen molar-refractivity contribution in [1.82, 2.24) is 5.32 Å². The Morgan fingerprint density at radius 1 is 1.29 bits per heavy atom. The van der Waals surface area contributed by atoms with E-state index in [4.69, 9.17) is 5.11 Å². The highest BCUT2D eigenvalue weighted by molar-refractivity contribution is 5.37. The average molecular weight is 305 g/mol. The molecule has 6 nitrogen and oxygen atoms in total. The lowest BCUT2D eigenvalue weighted by atomic mass is 9.70. The molecule has 1 heterocycles. The van der Waals surface area contributed by atoms with E-state index in [1.165, 1.54) is 0 Å². The Balaban J connectivity index is 0.000000486. The van der Waals surface area contributed by atoms with Crippen LogP contribution >= 0.6 is 0 Å². The van der Waals surface area contributed by atoms with Crippen LogP contribution in [0.2, 0.25) is 0 Å². The molecule has 21 heavy (non-hydrogen) atoms. The fourth-order valence-corrected chi connectivity index (χ4v) is 2.50. The largest absolute Gasteiger partial charge is 0.462 e. The summed E-state index contributed by atoms with van der Waals surface area (Å²) >= 11 is 0. The smallest absolute Gasteiger partial charge is 0.293 e. The zero-order valence-electron chi connectivity index (χ0n) is 13.6. The highest BCUT2D eigenvalue weighted by Crippen LogP contribution is 2.37. The summed E-state index contributed by atoms with van der Waals surface area (Å²) in [6, 6.07) is 0. The molecule has 1 aliphatic heterocycles. The average Bonchev–Trinajstić information content (AvgIpc) is 2.38. The molecule has 1 fully saturated rings. The molecule has 0 aromatic heterocycles. The predicted octanol–water partition coefficient (Wildman–Crippen LogP) is 0.438. The number of hydrogen-bond donors (Lipinski definition) is 4. The van der Waals surface area contributed by atoms with Gasteiger partial charge in [-0.2, -0.15) is 0 Å². The van der Waals surface area contributed by atoms with Gasteiger partial charge in [-0.1, -0.05) is 0 Å². The fraction of sp³-hybridized carbons (Fsp3) is 0.933. The van der Waals surface area contributed by atoms with E-state index in [-0.39, 0.29) is 17.6 Å². The normalized spacial score (nSPS) is 20.7. The zero-order chi connectivity index (χ0) is 16.5. The van der Waals surface area contributed by atoms with Crippen molar-refractivity contribution in [2.24, 2.45) is 5.41 Å². The van der Waals surface area contributed by atoms with Gasteiger partial charge in [-0.3, -0.25) is 4.79 Å². The minimum Gasteiger partial charge on any atom is -0.462 e. The molecule has 0 amide bonds. The van der Waals surface area contributed by atoms with E-state index in [1.807, 2.05) is 20.8 Å². The monoisotopic (exact) mass is 305 g/mol. The van der Waals surface area contributed by atoms with Crippen molar-refractivity contribution in [3.8, 4) is 0 Å². The third kappa shape index (κ3) is 7.76. The molecule has 0 saturated carbocycles. The first kappa shape index (κ1) is 20.3. The topological polar surface area (TPSA) is 99.0 Å². The Labute approximate surface area is 127 Å². The summed E-state index contributed by atoms with van der Waals surface area (Å²) in [7, 11) is 0. The molecule has 0 aromatic rings. The van der Waals surface area contributed by atoms with Crippen LogP contribution in [-0.2, 0) is 9.53 Å². The first-order valence-corrected chi connectivity index (χ1v) is 7.48. The summed E-state index contributed by atoms with van der Waals surface area (Å²) < 4.78 is 4.55. The Kier molecular flexibility index (Phi) is 9.04. The van der Waals surface area contributed by atoms with Crippen LogP contribution in [0.25, 0.3) is 0 Å². The summed E-state index contributed by atoms with van der Waals surface area (Å²) in [6.45, 7) is 9.30. The van der Waals surface area contributed by atoms with Crippen LogP contribution in [0.5, 0.6) is 0 Å². The molecule has 4 N–H and O–H groups in total. The summed E-state index contributed by atoms with van der Waals surface area (Å²) in [4.78, 5) is 9.60. The molecular weight excluding hydrogens is 274 g/mol. The van der Waals surface area contributed by atoms with Gasteiger partial charge >= 0.3 is 0 Å². The van der Waals surface area contributed by atoms with E-state index in [2.05, 4.69) is 10.1 Å². The van der Waals surface area contributed by atoms with Crippen molar-refractivity contribution in [3.63, 3.8) is 0 Å². The maximum Gasteiger partial charge on any atom is 0.293 e. The van der Waals surface area contributed by atoms with Gasteiger partial charge in [-0.25, -0.2) is 0 Å². The van der Waals surface area contributed by atoms with Crippen LogP contribution < -0.4 is 5.32 Å². The van der Waals surface area contributed by atoms with E-state index < -0.39 is 12.2 Å². The molecule has 0 radical (unpaired) electrons. The maximum atomic E-state index is 9.94. The van der Waals surface area contributed by atoms with Crippen molar-refractivity contribution >= 4 is 6.47 Å². The molecule has 1 saturated heterocycles. The molecule has 126 valence electrons. The van der Waals surface area contributed by atoms with Gasteiger partial charge in [0, 0.05) is 12.0 Å². The number of piperidine rings is 1. The van der Waals surface area contributed by atoms with Crippen LogP contribution in [0.1, 0.15) is 47.0 Å². The van der Waals surface area contributed by atoms with Crippen LogP contribution in [0.3, 0.4) is 0 Å². The number of rotatable bonds is 5. The van der Waals surface area contributed by atoms with E-state index in [0.717, 1.165) is 25.9 Å². The minimum atomic E-state index is -0.725. The lowest BCUT2D eigenvalue weighted by Crippen LogP contribution is -2.49. The third-order valence-corrected chi connectivity index (χ3v) is 3.70. The maximum absolute atomic E-state index is 9.94. The highest BCUT2D eigenvalue weighted by atomic mass is 16.5. The van der Waals surface area contributed by atoms with Crippen molar-refractivity contribution in [2.45, 2.75) is 64.8 Å². The predicted molar refractivity (Wildman–Crippen MR) is 80.8 cm³/mol. The van der Waals surface area contributed by atoms with Gasteiger partial charge in [0.05, 0.1) is 12.2 Å². The minimum absolute atomic E-state index is 0.0732. The Bertz CT molecular complexity index is 277. The van der Waals surface area contributed by atoms with Crippen LogP contribution in [0.4, 0.5) is 0 Å². The Morgan fingerprint density at radius 3 is 2.10 bits per heavy atom. The number of nitrogens with one attached hydrogen (secondary N) is 1. The van der Waals surface area contributed by atoms with Gasteiger partial charge < -0.3 is 25.4 Å². The standard InChI is InChI=1S/C10H21NO3.C5H10O2/c1-8(13)9(14)10(4-7-12)2-5-11-6-3-10;1-5(2,3)7-4-6/h8-9,11-14H,2-7H2,1H3;4H,1-3H3. The molecular formula is C15H31NO5. The first-order valence-electron chi connectivity index (χ1n) is 7.48. The Hall–Kier alpha value is -0.690. The molecule has 6 heteroatoms. The number of ether oxygens (including phenoxy) is 1. The third-order valence-electron chi connectivity index (χ3n) is 3.70. The second kappa shape index (κ2) is 9.35. The molecule has 2 unspecified atom stereocenters. The highest BCUT2D eigenvalue weighted by Gasteiger charge is 2.40. The first-order chi connectivity index (χ1) is 9.68. The van der Waals surface area contributed by atoms with Crippen molar-refractivity contribution in [3.05, 3.63) is 0 Å². The van der Waals surface area contributed by atoms with E-state index >= 15 is 0 Å². The van der Waals surface area contributed by atoms with E-state index in [0.29, 0.717) is 12.9 Å². The second-order valence-electron chi connectivity index (χ2n) is 6.60. The van der Waals surface area contributed by atoms with Crippen LogP contribution in [0.15, 0.2) is 0 Å². The molecule has 0 aromatic carbocycles. The van der Waals surface area contributed by atoms with Gasteiger partial charge in [0.2, 0.25) is 0 Å². The Morgan fingerprint density at radius 2 is 1.81 bits per heavy atom. The summed E-state index contributed by atoms with van der Waals surface area (Å²) in [6.07, 6.45) is 0.761.